The first kappa shape index (κ1) is 18.5. The van der Waals surface area contributed by atoms with Crippen molar-refractivity contribution < 1.29 is 23.5 Å². The first-order valence-corrected chi connectivity index (χ1v) is 7.65. The summed E-state index contributed by atoms with van der Waals surface area (Å²) in [5.74, 6) is -0.386. The van der Waals surface area contributed by atoms with Crippen molar-refractivity contribution >= 4 is 29.4 Å². The van der Waals surface area contributed by atoms with E-state index in [-0.39, 0.29) is 19.0 Å². The molecule has 0 atom stereocenters. The highest BCUT2D eigenvalue weighted by Gasteiger charge is 2.07. The van der Waals surface area contributed by atoms with Crippen LogP contribution >= 0.6 is 11.6 Å². The molecule has 0 heterocycles. The molecule has 2 aromatic rings. The van der Waals surface area contributed by atoms with Crippen LogP contribution in [0.3, 0.4) is 0 Å². The van der Waals surface area contributed by atoms with Crippen molar-refractivity contribution in [1.82, 2.24) is 0 Å². The molecule has 0 aliphatic heterocycles. The summed E-state index contributed by atoms with van der Waals surface area (Å²) < 4.78 is 23.6. The van der Waals surface area contributed by atoms with E-state index >= 15 is 0 Å². The first-order valence-electron chi connectivity index (χ1n) is 7.27. The van der Waals surface area contributed by atoms with Gasteiger partial charge >= 0.3 is 0 Å². The van der Waals surface area contributed by atoms with Crippen molar-refractivity contribution in [3.05, 3.63) is 53.3 Å². The largest absolute Gasteiger partial charge is 0.495 e. The molecule has 2 rings (SSSR count). The molecular weight excluding hydrogens is 351 g/mol. The molecule has 0 fully saturated rings. The highest BCUT2D eigenvalue weighted by Crippen LogP contribution is 2.27. The van der Waals surface area contributed by atoms with Gasteiger partial charge in [-0.25, -0.2) is 4.39 Å². The molecule has 0 unspecified atom stereocenters. The molecule has 8 heteroatoms. The topological polar surface area (TPSA) is 69.2 Å². The van der Waals surface area contributed by atoms with E-state index in [1.165, 1.54) is 19.2 Å². The maximum Gasteiger partial charge on any atom is 0.270 e. The number of para-hydroxylation sites is 1. The molecule has 0 bridgehead atoms. The minimum Gasteiger partial charge on any atom is -0.495 e. The number of rotatable bonds is 8. The van der Waals surface area contributed by atoms with E-state index in [2.05, 4.69) is 10.5 Å². The van der Waals surface area contributed by atoms with E-state index in [0.29, 0.717) is 16.5 Å². The maximum absolute atomic E-state index is 13.3. The zero-order chi connectivity index (χ0) is 18.1. The lowest BCUT2D eigenvalue weighted by Gasteiger charge is -2.08. The highest BCUT2D eigenvalue weighted by molar-refractivity contribution is 6.33. The number of hydrogen-bond donors (Lipinski definition) is 1. The Morgan fingerprint density at radius 1 is 1.24 bits per heavy atom. The lowest BCUT2D eigenvalue weighted by atomic mass is 10.3. The molecule has 6 nitrogen and oxygen atoms in total. The summed E-state index contributed by atoms with van der Waals surface area (Å²) in [7, 11) is 1.48. The summed E-state index contributed by atoms with van der Waals surface area (Å²) >= 11 is 5.87. The third-order valence-electron chi connectivity index (χ3n) is 2.93. The van der Waals surface area contributed by atoms with Crippen molar-refractivity contribution in [3.63, 3.8) is 0 Å². The van der Waals surface area contributed by atoms with Crippen molar-refractivity contribution in [2.45, 2.75) is 0 Å². The zero-order valence-corrected chi connectivity index (χ0v) is 14.1. The fourth-order valence-electron chi connectivity index (χ4n) is 1.83. The average molecular weight is 367 g/mol. The summed E-state index contributed by atoms with van der Waals surface area (Å²) in [4.78, 5) is 16.7. The number of methoxy groups -OCH3 is 1. The molecule has 2 aromatic carbocycles. The number of nitrogens with zero attached hydrogens (tertiary/aromatic N) is 1. The molecule has 25 heavy (non-hydrogen) atoms. The number of amides is 1. The first-order chi connectivity index (χ1) is 12.1. The number of carbonyl (C=O) groups excluding carboxylic acids is 1. The molecule has 0 aliphatic carbocycles. The second-order valence-electron chi connectivity index (χ2n) is 4.68. The predicted octanol–water partition coefficient (Wildman–Crippen LogP) is 3.51. The number of carbonyl (C=O) groups is 1. The normalized spacial score (nSPS) is 10.5. The Bertz CT molecular complexity index is 755. The SMILES string of the molecule is COc1ccc(Cl)cc1NC(=O)/C=N\OCCOc1ccccc1F. The van der Waals surface area contributed by atoms with Gasteiger partial charge < -0.3 is 19.6 Å². The van der Waals surface area contributed by atoms with E-state index in [9.17, 15) is 9.18 Å². The van der Waals surface area contributed by atoms with E-state index in [0.717, 1.165) is 6.21 Å². The number of anilines is 1. The van der Waals surface area contributed by atoms with Gasteiger partial charge in [-0.15, -0.1) is 0 Å². The Morgan fingerprint density at radius 2 is 2.04 bits per heavy atom. The summed E-state index contributed by atoms with van der Waals surface area (Å²) in [6, 6.07) is 10.8. The van der Waals surface area contributed by atoms with Gasteiger partial charge in [0.2, 0.25) is 0 Å². The summed E-state index contributed by atoms with van der Waals surface area (Å²) in [6.45, 7) is 0.139. The van der Waals surface area contributed by atoms with Crippen LogP contribution in [0.15, 0.2) is 47.6 Å². The quantitative estimate of drug-likeness (QED) is 0.441. The number of oxime groups is 1. The second-order valence-corrected chi connectivity index (χ2v) is 5.12. The Kier molecular flexibility index (Phi) is 7.03. The Balaban J connectivity index is 1.74. The van der Waals surface area contributed by atoms with E-state index < -0.39 is 11.7 Å². The second kappa shape index (κ2) is 9.48. The van der Waals surface area contributed by atoms with Crippen molar-refractivity contribution in [2.75, 3.05) is 25.6 Å². The fourth-order valence-corrected chi connectivity index (χ4v) is 2.00. The molecule has 132 valence electrons. The molecule has 0 aliphatic rings. The van der Waals surface area contributed by atoms with Gasteiger partial charge in [0.1, 0.15) is 18.6 Å². The highest BCUT2D eigenvalue weighted by atomic mass is 35.5. The standard InChI is InChI=1S/C17H16ClFN2O4/c1-23-16-7-6-12(18)10-14(16)21-17(22)11-20-25-9-8-24-15-5-3-2-4-13(15)19/h2-7,10-11H,8-9H2,1H3,(H,21,22)/b20-11-. The molecule has 0 radical (unpaired) electrons. The Morgan fingerprint density at radius 3 is 2.80 bits per heavy atom. The lowest BCUT2D eigenvalue weighted by Crippen LogP contribution is -2.14. The molecule has 1 N–H and O–H groups in total. The van der Waals surface area contributed by atoms with Crippen molar-refractivity contribution in [3.8, 4) is 11.5 Å². The number of ether oxygens (including phenoxy) is 2. The van der Waals surface area contributed by atoms with E-state index in [4.69, 9.17) is 25.9 Å². The fraction of sp³-hybridized carbons (Fsp3) is 0.176. The van der Waals surface area contributed by atoms with E-state index in [1.54, 1.807) is 30.3 Å². The molecule has 1 amide bonds. The van der Waals surface area contributed by atoms with Gasteiger partial charge in [0.25, 0.3) is 5.91 Å². The van der Waals surface area contributed by atoms with Gasteiger partial charge in [0.05, 0.1) is 12.8 Å². The average Bonchev–Trinajstić information content (AvgIpc) is 2.59. The number of nitrogens with one attached hydrogen (secondary N) is 1. The predicted molar refractivity (Wildman–Crippen MR) is 93.0 cm³/mol. The monoisotopic (exact) mass is 366 g/mol. The number of hydrogen-bond acceptors (Lipinski definition) is 5. The van der Waals surface area contributed by atoms with Gasteiger partial charge in [-0.1, -0.05) is 28.9 Å². The number of halogens is 2. The van der Waals surface area contributed by atoms with Crippen LogP contribution in [0.1, 0.15) is 0 Å². The van der Waals surface area contributed by atoms with Crippen molar-refractivity contribution in [2.24, 2.45) is 5.16 Å². The minimum absolute atomic E-state index is 0.0542. The van der Waals surface area contributed by atoms with Crippen LogP contribution in [0.2, 0.25) is 5.02 Å². The zero-order valence-electron chi connectivity index (χ0n) is 13.4. The summed E-state index contributed by atoms with van der Waals surface area (Å²) in [5.41, 5.74) is 0.411. The molecular formula is C17H16ClFN2O4. The minimum atomic E-state index is -0.518. The maximum atomic E-state index is 13.3. The Hall–Kier alpha value is -2.80. The lowest BCUT2D eigenvalue weighted by molar-refractivity contribution is -0.110. The molecule has 0 aromatic heterocycles. The van der Waals surface area contributed by atoms with Crippen LogP contribution in [0, 0.1) is 5.82 Å². The molecule has 0 saturated heterocycles. The summed E-state index contributed by atoms with van der Waals surface area (Å²) in [6.07, 6.45) is 0.962. The van der Waals surface area contributed by atoms with E-state index in [1.807, 2.05) is 0 Å². The third kappa shape index (κ3) is 5.96. The van der Waals surface area contributed by atoms with Crippen LogP contribution in [0.25, 0.3) is 0 Å². The van der Waals surface area contributed by atoms with Crippen LogP contribution in [0.5, 0.6) is 11.5 Å². The van der Waals surface area contributed by atoms with Crippen LogP contribution < -0.4 is 14.8 Å². The third-order valence-corrected chi connectivity index (χ3v) is 3.17. The van der Waals surface area contributed by atoms with Gasteiger partial charge in [0.15, 0.2) is 18.2 Å². The Labute approximate surface area is 149 Å². The number of benzene rings is 2. The summed E-state index contributed by atoms with van der Waals surface area (Å²) in [5, 5.41) is 6.54. The van der Waals surface area contributed by atoms with Gasteiger partial charge in [-0.2, -0.15) is 0 Å². The van der Waals surface area contributed by atoms with Gasteiger partial charge in [-0.05, 0) is 30.3 Å². The van der Waals surface area contributed by atoms with Gasteiger partial charge in [0, 0.05) is 5.02 Å². The van der Waals surface area contributed by atoms with Gasteiger partial charge in [-0.3, -0.25) is 4.79 Å². The van der Waals surface area contributed by atoms with Crippen LogP contribution in [-0.4, -0.2) is 32.4 Å². The van der Waals surface area contributed by atoms with Crippen LogP contribution in [-0.2, 0) is 9.63 Å². The smallest absolute Gasteiger partial charge is 0.270 e. The molecule has 0 saturated carbocycles. The molecule has 0 spiro atoms. The van der Waals surface area contributed by atoms with Crippen LogP contribution in [0.4, 0.5) is 10.1 Å². The van der Waals surface area contributed by atoms with Crippen molar-refractivity contribution in [1.29, 1.82) is 0 Å².